The Balaban J connectivity index is 1.44. The summed E-state index contributed by atoms with van der Waals surface area (Å²) in [4.78, 5) is 38.1. The first-order valence-electron chi connectivity index (χ1n) is 11.1. The minimum Gasteiger partial charge on any atom is -0.493 e. The van der Waals surface area contributed by atoms with Gasteiger partial charge in [0.05, 0.1) is 24.4 Å². The Bertz CT molecular complexity index is 1450. The molecule has 0 spiro atoms. The summed E-state index contributed by atoms with van der Waals surface area (Å²) in [6, 6.07) is 18.9. The van der Waals surface area contributed by atoms with E-state index in [4.69, 9.17) is 9.47 Å². The number of anilines is 1. The summed E-state index contributed by atoms with van der Waals surface area (Å²) in [6.07, 6.45) is 1.44. The lowest BCUT2D eigenvalue weighted by atomic mass is 10.1. The van der Waals surface area contributed by atoms with Gasteiger partial charge in [-0.2, -0.15) is 5.26 Å². The minimum atomic E-state index is -0.775. The maximum Gasteiger partial charge on any atom is 0.329 e. The Morgan fingerprint density at radius 3 is 2.62 bits per heavy atom. The van der Waals surface area contributed by atoms with Gasteiger partial charge in [0.25, 0.3) is 5.91 Å². The molecule has 3 aromatic carbocycles. The second kappa shape index (κ2) is 11.0. The zero-order valence-electron chi connectivity index (χ0n) is 19.7. The van der Waals surface area contributed by atoms with Crippen molar-refractivity contribution in [3.05, 3.63) is 94.9 Å². The molecule has 9 nitrogen and oxygen atoms in total. The number of amides is 4. The van der Waals surface area contributed by atoms with Crippen molar-refractivity contribution in [1.82, 2.24) is 10.2 Å². The van der Waals surface area contributed by atoms with Gasteiger partial charge < -0.3 is 20.1 Å². The fourth-order valence-corrected chi connectivity index (χ4v) is 3.58. The van der Waals surface area contributed by atoms with Crippen LogP contribution in [-0.4, -0.2) is 36.4 Å². The summed E-state index contributed by atoms with van der Waals surface area (Å²) in [5.74, 6) is -1.27. The Morgan fingerprint density at radius 2 is 1.86 bits per heavy atom. The highest BCUT2D eigenvalue weighted by atomic mass is 19.1. The number of benzene rings is 3. The van der Waals surface area contributed by atoms with Gasteiger partial charge in [0.15, 0.2) is 11.5 Å². The number of imide groups is 1. The normalized spacial score (nSPS) is 13.8. The summed E-state index contributed by atoms with van der Waals surface area (Å²) in [7, 11) is 1.46. The van der Waals surface area contributed by atoms with Crippen molar-refractivity contribution < 1.29 is 28.2 Å². The molecule has 0 saturated carbocycles. The fraction of sp³-hybridized carbons (Fsp3) is 0.111. The Morgan fingerprint density at radius 1 is 1.11 bits per heavy atom. The van der Waals surface area contributed by atoms with Crippen molar-refractivity contribution in [2.75, 3.05) is 19.0 Å². The van der Waals surface area contributed by atoms with Crippen molar-refractivity contribution in [1.29, 1.82) is 5.26 Å². The van der Waals surface area contributed by atoms with Gasteiger partial charge in [0.1, 0.15) is 24.7 Å². The maximum atomic E-state index is 13.8. The number of rotatable bonds is 8. The fourth-order valence-electron chi connectivity index (χ4n) is 3.58. The molecule has 4 rings (SSSR count). The third-order valence-electron chi connectivity index (χ3n) is 5.43. The average molecular weight is 500 g/mol. The number of hydrogen-bond donors (Lipinski definition) is 2. The molecule has 1 heterocycles. The van der Waals surface area contributed by atoms with Crippen LogP contribution >= 0.6 is 0 Å². The molecular formula is C27H21FN4O5. The van der Waals surface area contributed by atoms with E-state index in [0.29, 0.717) is 22.6 Å². The van der Waals surface area contributed by atoms with E-state index >= 15 is 0 Å². The molecule has 0 aliphatic carbocycles. The average Bonchev–Trinajstić information content (AvgIpc) is 3.16. The highest BCUT2D eigenvalue weighted by Gasteiger charge is 2.35. The third kappa shape index (κ3) is 5.74. The van der Waals surface area contributed by atoms with Gasteiger partial charge in [0, 0.05) is 5.56 Å². The van der Waals surface area contributed by atoms with E-state index in [1.165, 1.54) is 31.4 Å². The number of halogens is 1. The van der Waals surface area contributed by atoms with E-state index in [1.807, 2.05) is 6.07 Å². The highest BCUT2D eigenvalue weighted by Crippen LogP contribution is 2.30. The molecule has 2 N–H and O–H groups in total. The molecule has 4 amide bonds. The lowest BCUT2D eigenvalue weighted by Gasteiger charge is -2.12. The third-order valence-corrected chi connectivity index (χ3v) is 5.43. The molecule has 1 aliphatic rings. The number of nitrogens with one attached hydrogen (secondary N) is 2. The van der Waals surface area contributed by atoms with Gasteiger partial charge in [-0.25, -0.2) is 14.1 Å². The second-order valence-corrected chi connectivity index (χ2v) is 7.88. The molecule has 0 atom stereocenters. The molecule has 1 saturated heterocycles. The monoisotopic (exact) mass is 500 g/mol. The zero-order valence-corrected chi connectivity index (χ0v) is 19.7. The molecule has 0 bridgehead atoms. The molecule has 0 aromatic heterocycles. The second-order valence-electron chi connectivity index (χ2n) is 7.88. The van der Waals surface area contributed by atoms with Gasteiger partial charge in [0.2, 0.25) is 5.91 Å². The van der Waals surface area contributed by atoms with Crippen LogP contribution in [0.4, 0.5) is 14.9 Å². The molecular weight excluding hydrogens is 479 g/mol. The van der Waals surface area contributed by atoms with E-state index in [1.54, 1.807) is 42.5 Å². The van der Waals surface area contributed by atoms with Gasteiger partial charge in [-0.1, -0.05) is 36.4 Å². The van der Waals surface area contributed by atoms with Crippen LogP contribution in [-0.2, 0) is 16.2 Å². The van der Waals surface area contributed by atoms with Crippen molar-refractivity contribution in [3.8, 4) is 17.6 Å². The van der Waals surface area contributed by atoms with E-state index < -0.39 is 30.2 Å². The van der Waals surface area contributed by atoms with Gasteiger partial charge in [-0.3, -0.25) is 9.59 Å². The largest absolute Gasteiger partial charge is 0.493 e. The van der Waals surface area contributed by atoms with Crippen molar-refractivity contribution in [2.45, 2.75) is 6.61 Å². The van der Waals surface area contributed by atoms with Gasteiger partial charge in [-0.15, -0.1) is 0 Å². The van der Waals surface area contributed by atoms with Gasteiger partial charge in [-0.05, 0) is 42.0 Å². The molecule has 1 fully saturated rings. The smallest absolute Gasteiger partial charge is 0.329 e. The van der Waals surface area contributed by atoms with Crippen LogP contribution in [0.3, 0.4) is 0 Å². The first kappa shape index (κ1) is 24.9. The van der Waals surface area contributed by atoms with Crippen molar-refractivity contribution in [3.63, 3.8) is 0 Å². The number of para-hydroxylation sites is 1. The minimum absolute atomic E-state index is 0.0395. The number of nitrogens with zero attached hydrogens (tertiary/aromatic N) is 2. The molecule has 186 valence electrons. The standard InChI is InChI=1S/C27H21FN4O5/c1-36-24-13-17(10-11-23(24)37-16-19-7-3-2-6-18(19)14-29)12-22-26(34)32(27(35)31-22)15-25(33)30-21-9-5-4-8-20(21)28/h2-13H,15-16H2,1H3,(H,30,33)(H,31,35)/b22-12+. The van der Waals surface area contributed by atoms with Crippen LogP contribution in [0, 0.1) is 17.1 Å². The molecule has 1 aliphatic heterocycles. The van der Waals surface area contributed by atoms with Crippen molar-refractivity contribution >= 4 is 29.6 Å². The number of methoxy groups -OCH3 is 1. The molecule has 3 aromatic rings. The number of carbonyl (C=O) groups is 3. The van der Waals surface area contributed by atoms with Crippen LogP contribution in [0.15, 0.2) is 72.4 Å². The lowest BCUT2D eigenvalue weighted by molar-refractivity contribution is -0.127. The van der Waals surface area contributed by atoms with Crippen LogP contribution in [0.2, 0.25) is 0 Å². The number of hydrogen-bond acceptors (Lipinski definition) is 6. The Hall–Kier alpha value is -5.17. The topological polar surface area (TPSA) is 121 Å². The van der Waals surface area contributed by atoms with Crippen LogP contribution in [0.5, 0.6) is 11.5 Å². The first-order chi connectivity index (χ1) is 17.9. The van der Waals surface area contributed by atoms with Gasteiger partial charge >= 0.3 is 6.03 Å². The molecule has 0 unspecified atom stereocenters. The zero-order chi connectivity index (χ0) is 26.4. The van der Waals surface area contributed by atoms with Crippen LogP contribution < -0.4 is 20.1 Å². The summed E-state index contributed by atoms with van der Waals surface area (Å²) in [6.45, 7) is -0.435. The SMILES string of the molecule is COc1cc(/C=C2/NC(=O)N(CC(=O)Nc3ccccc3F)C2=O)ccc1OCc1ccccc1C#N. The van der Waals surface area contributed by atoms with E-state index in [2.05, 4.69) is 16.7 Å². The predicted octanol–water partition coefficient (Wildman–Crippen LogP) is 3.82. The Labute approximate surface area is 211 Å². The van der Waals surface area contributed by atoms with Crippen LogP contribution in [0.1, 0.15) is 16.7 Å². The number of nitriles is 1. The number of carbonyl (C=O) groups excluding carboxylic acids is 3. The van der Waals surface area contributed by atoms with Crippen molar-refractivity contribution in [2.24, 2.45) is 0 Å². The van der Waals surface area contributed by atoms with E-state index in [9.17, 15) is 24.0 Å². The molecule has 10 heteroatoms. The summed E-state index contributed by atoms with van der Waals surface area (Å²) < 4.78 is 25.0. The number of urea groups is 1. The molecule has 37 heavy (non-hydrogen) atoms. The first-order valence-corrected chi connectivity index (χ1v) is 11.1. The quantitative estimate of drug-likeness (QED) is 0.358. The van der Waals surface area contributed by atoms with E-state index in [-0.39, 0.29) is 18.0 Å². The van der Waals surface area contributed by atoms with Crippen LogP contribution in [0.25, 0.3) is 6.08 Å². The maximum absolute atomic E-state index is 13.8. The van der Waals surface area contributed by atoms with E-state index in [0.717, 1.165) is 10.5 Å². The highest BCUT2D eigenvalue weighted by molar-refractivity contribution is 6.16. The molecule has 0 radical (unpaired) electrons. The Kier molecular flexibility index (Phi) is 7.45. The summed E-state index contributed by atoms with van der Waals surface area (Å²) in [5, 5.41) is 14.0. The summed E-state index contributed by atoms with van der Waals surface area (Å²) >= 11 is 0. The predicted molar refractivity (Wildman–Crippen MR) is 132 cm³/mol. The lowest BCUT2D eigenvalue weighted by Crippen LogP contribution is -2.38. The number of ether oxygens (including phenoxy) is 2. The summed E-state index contributed by atoms with van der Waals surface area (Å²) in [5.41, 5.74) is 1.66.